The second-order valence-corrected chi connectivity index (χ2v) is 7.65. The summed E-state index contributed by atoms with van der Waals surface area (Å²) in [5.41, 5.74) is 2.08. The van der Waals surface area contributed by atoms with Gasteiger partial charge >= 0.3 is 5.69 Å². The van der Waals surface area contributed by atoms with Crippen molar-refractivity contribution in [3.63, 3.8) is 0 Å². The highest BCUT2D eigenvalue weighted by Crippen LogP contribution is 2.20. The molecule has 0 spiro atoms. The summed E-state index contributed by atoms with van der Waals surface area (Å²) in [6, 6.07) is 9.86. The molecule has 4 aromatic rings. The lowest BCUT2D eigenvalue weighted by molar-refractivity contribution is 0.0361. The molecule has 0 amide bonds. The third-order valence-corrected chi connectivity index (χ3v) is 5.78. The minimum Gasteiger partial charge on any atom is -0.379 e. The monoisotopic (exact) mass is 408 g/mol. The van der Waals surface area contributed by atoms with Crippen LogP contribution in [-0.4, -0.2) is 60.8 Å². The predicted molar refractivity (Wildman–Crippen MR) is 114 cm³/mol. The van der Waals surface area contributed by atoms with Crippen LogP contribution in [0.5, 0.6) is 0 Å². The number of hydrogen-bond donors (Lipinski definition) is 0. The van der Waals surface area contributed by atoms with Crippen LogP contribution in [0.3, 0.4) is 0 Å². The fourth-order valence-corrected chi connectivity index (χ4v) is 4.17. The number of ether oxygens (including phenoxy) is 1. The molecule has 0 N–H and O–H groups in total. The molecule has 1 fully saturated rings. The van der Waals surface area contributed by atoms with Crippen LogP contribution in [0.15, 0.2) is 46.1 Å². The molecule has 1 aliphatic rings. The summed E-state index contributed by atoms with van der Waals surface area (Å²) in [6.45, 7) is 5.94. The van der Waals surface area contributed by atoms with Gasteiger partial charge in [-0.15, -0.1) is 0 Å². The number of imidazole rings is 2. The minimum atomic E-state index is -0.343. The third kappa shape index (κ3) is 2.89. The van der Waals surface area contributed by atoms with Crippen molar-refractivity contribution in [3.8, 4) is 5.69 Å². The van der Waals surface area contributed by atoms with Gasteiger partial charge < -0.3 is 4.74 Å². The van der Waals surface area contributed by atoms with Crippen molar-refractivity contribution in [2.45, 2.75) is 13.5 Å². The lowest BCUT2D eigenvalue weighted by atomic mass is 10.3. The maximum absolute atomic E-state index is 13.3. The molecule has 1 saturated heterocycles. The zero-order valence-corrected chi connectivity index (χ0v) is 17.1. The quantitative estimate of drug-likeness (QED) is 0.499. The van der Waals surface area contributed by atoms with Gasteiger partial charge in [0.15, 0.2) is 11.2 Å². The normalized spacial score (nSPS) is 15.4. The van der Waals surface area contributed by atoms with E-state index in [-0.39, 0.29) is 11.2 Å². The molecular weight excluding hydrogens is 384 g/mol. The Labute approximate surface area is 172 Å². The number of fused-ring (bicyclic) bond motifs is 3. The van der Waals surface area contributed by atoms with Gasteiger partial charge in [0.1, 0.15) is 0 Å². The van der Waals surface area contributed by atoms with E-state index < -0.39 is 0 Å². The SMILES string of the molecule is Cc1cn2c3c(=O)n(CCN4CCOCC4)c(=O)n(C)c3nc2n1-c1ccccc1. The maximum atomic E-state index is 13.3. The molecule has 3 aromatic heterocycles. The molecule has 0 radical (unpaired) electrons. The lowest BCUT2D eigenvalue weighted by Gasteiger charge is -2.26. The largest absolute Gasteiger partial charge is 0.379 e. The maximum Gasteiger partial charge on any atom is 0.332 e. The number of morpholine rings is 1. The predicted octanol–water partition coefficient (Wildman–Crippen LogP) is 0.779. The fraction of sp³-hybridized carbons (Fsp3) is 0.381. The Bertz CT molecular complexity index is 1340. The first kappa shape index (κ1) is 18.8. The second-order valence-electron chi connectivity index (χ2n) is 7.65. The second kappa shape index (κ2) is 7.26. The zero-order valence-electron chi connectivity index (χ0n) is 17.1. The highest BCUT2D eigenvalue weighted by atomic mass is 16.5. The molecule has 0 saturated carbocycles. The van der Waals surface area contributed by atoms with Gasteiger partial charge in [0.25, 0.3) is 5.56 Å². The Morgan fingerprint density at radius 2 is 1.80 bits per heavy atom. The lowest BCUT2D eigenvalue weighted by Crippen LogP contribution is -2.44. The molecule has 0 aliphatic carbocycles. The van der Waals surface area contributed by atoms with Crippen LogP contribution in [0.2, 0.25) is 0 Å². The number of benzene rings is 1. The van der Waals surface area contributed by atoms with Gasteiger partial charge in [-0.25, -0.2) is 4.79 Å². The van der Waals surface area contributed by atoms with Crippen molar-refractivity contribution >= 4 is 16.9 Å². The van der Waals surface area contributed by atoms with E-state index in [4.69, 9.17) is 4.74 Å². The van der Waals surface area contributed by atoms with Crippen LogP contribution < -0.4 is 11.2 Å². The molecule has 1 aliphatic heterocycles. The number of aryl methyl sites for hydroxylation is 2. The van der Waals surface area contributed by atoms with E-state index in [1.54, 1.807) is 11.4 Å². The number of hydrogen-bond acceptors (Lipinski definition) is 5. The molecule has 0 atom stereocenters. The standard InChI is InChI=1S/C21H24N6O3/c1-15-14-26-17-18(22-20(26)27(15)16-6-4-3-5-7-16)23(2)21(29)25(19(17)28)9-8-24-10-12-30-13-11-24/h3-7,14H,8-13H2,1-2H3. The molecule has 9 nitrogen and oxygen atoms in total. The van der Waals surface area contributed by atoms with Crippen molar-refractivity contribution in [1.82, 2.24) is 28.0 Å². The molecule has 4 heterocycles. The Balaban J connectivity index is 1.66. The van der Waals surface area contributed by atoms with Crippen LogP contribution in [0.25, 0.3) is 22.6 Å². The van der Waals surface area contributed by atoms with Crippen molar-refractivity contribution < 1.29 is 4.74 Å². The number of rotatable bonds is 4. The van der Waals surface area contributed by atoms with Gasteiger partial charge in [0.05, 0.1) is 13.2 Å². The first-order valence-electron chi connectivity index (χ1n) is 10.1. The summed E-state index contributed by atoms with van der Waals surface area (Å²) in [6.07, 6.45) is 1.90. The Morgan fingerprint density at radius 3 is 2.53 bits per heavy atom. The van der Waals surface area contributed by atoms with Crippen LogP contribution in [0, 0.1) is 6.92 Å². The van der Waals surface area contributed by atoms with Gasteiger partial charge in [-0.1, -0.05) is 18.2 Å². The van der Waals surface area contributed by atoms with Gasteiger partial charge in [0, 0.05) is 50.8 Å². The minimum absolute atomic E-state index is 0.306. The first-order chi connectivity index (χ1) is 14.6. The fourth-order valence-electron chi connectivity index (χ4n) is 4.17. The Kier molecular flexibility index (Phi) is 4.56. The third-order valence-electron chi connectivity index (χ3n) is 5.78. The van der Waals surface area contributed by atoms with Gasteiger partial charge in [0.2, 0.25) is 5.78 Å². The van der Waals surface area contributed by atoms with E-state index in [1.807, 2.05) is 48.0 Å². The van der Waals surface area contributed by atoms with Crippen LogP contribution in [-0.2, 0) is 18.3 Å². The smallest absolute Gasteiger partial charge is 0.332 e. The Hall–Kier alpha value is -3.17. The van der Waals surface area contributed by atoms with E-state index in [9.17, 15) is 9.59 Å². The summed E-state index contributed by atoms with van der Waals surface area (Å²) in [5.74, 6) is 0.617. The summed E-state index contributed by atoms with van der Waals surface area (Å²) < 4.78 is 11.9. The molecule has 0 bridgehead atoms. The van der Waals surface area contributed by atoms with Gasteiger partial charge in [-0.2, -0.15) is 4.98 Å². The van der Waals surface area contributed by atoms with E-state index >= 15 is 0 Å². The number of para-hydroxylation sites is 1. The van der Waals surface area contributed by atoms with Crippen LogP contribution >= 0.6 is 0 Å². The molecule has 5 rings (SSSR count). The topological polar surface area (TPSA) is 78.7 Å². The molecule has 156 valence electrons. The van der Waals surface area contributed by atoms with Crippen molar-refractivity contribution in [2.24, 2.45) is 7.05 Å². The van der Waals surface area contributed by atoms with Crippen LogP contribution in [0.4, 0.5) is 0 Å². The molecule has 30 heavy (non-hydrogen) atoms. The first-order valence-corrected chi connectivity index (χ1v) is 10.1. The molecule has 1 aromatic carbocycles. The van der Waals surface area contributed by atoms with E-state index in [0.717, 1.165) is 24.5 Å². The average molecular weight is 408 g/mol. The highest BCUT2D eigenvalue weighted by Gasteiger charge is 2.21. The van der Waals surface area contributed by atoms with Crippen molar-refractivity contribution in [3.05, 3.63) is 63.1 Å². The van der Waals surface area contributed by atoms with Crippen molar-refractivity contribution in [1.29, 1.82) is 0 Å². The van der Waals surface area contributed by atoms with Gasteiger partial charge in [-0.05, 0) is 19.1 Å². The molecular formula is C21H24N6O3. The van der Waals surface area contributed by atoms with Crippen molar-refractivity contribution in [2.75, 3.05) is 32.8 Å². The van der Waals surface area contributed by atoms with Gasteiger partial charge in [-0.3, -0.25) is 27.8 Å². The number of nitrogens with zero attached hydrogens (tertiary/aromatic N) is 6. The summed E-state index contributed by atoms with van der Waals surface area (Å²) in [7, 11) is 1.67. The molecule has 0 unspecified atom stereocenters. The van der Waals surface area contributed by atoms with E-state index in [0.29, 0.717) is 43.2 Å². The number of aromatic nitrogens is 5. The summed E-state index contributed by atoms with van der Waals surface area (Å²) in [5, 5.41) is 0. The summed E-state index contributed by atoms with van der Waals surface area (Å²) >= 11 is 0. The Morgan fingerprint density at radius 1 is 1.07 bits per heavy atom. The van der Waals surface area contributed by atoms with Crippen LogP contribution in [0.1, 0.15) is 5.69 Å². The highest BCUT2D eigenvalue weighted by molar-refractivity contribution is 5.76. The molecule has 9 heteroatoms. The summed E-state index contributed by atoms with van der Waals surface area (Å²) in [4.78, 5) is 33.1. The van der Waals surface area contributed by atoms with E-state index in [2.05, 4.69) is 9.88 Å². The van der Waals surface area contributed by atoms with E-state index in [1.165, 1.54) is 9.13 Å². The zero-order chi connectivity index (χ0) is 20.8. The average Bonchev–Trinajstić information content (AvgIpc) is 3.28.